The van der Waals surface area contributed by atoms with Crippen molar-refractivity contribution in [2.24, 2.45) is 0 Å². The van der Waals surface area contributed by atoms with Gasteiger partial charge in [0.1, 0.15) is 0 Å². The molecule has 0 saturated heterocycles. The fourth-order valence-electron chi connectivity index (χ4n) is 1.11. The van der Waals surface area contributed by atoms with Crippen molar-refractivity contribution in [1.29, 1.82) is 0 Å². The van der Waals surface area contributed by atoms with E-state index < -0.39 is 6.43 Å². The van der Waals surface area contributed by atoms with Gasteiger partial charge in [-0.05, 0) is 34.7 Å². The predicted octanol–water partition coefficient (Wildman–Crippen LogP) is 4.20. The van der Waals surface area contributed by atoms with Gasteiger partial charge in [-0.3, -0.25) is 4.79 Å². The lowest BCUT2D eigenvalue weighted by Gasteiger charge is -2.05. The van der Waals surface area contributed by atoms with Gasteiger partial charge in [0.15, 0.2) is 5.78 Å². The second-order valence-electron chi connectivity index (χ2n) is 2.90. The minimum atomic E-state index is -2.53. The standard InChI is InChI=1S/C10H8BrF2IO/c11-4-3-9(15)6-1-2-8(14)7(5-6)10(12)13/h1-2,5,10H,3-4H2. The van der Waals surface area contributed by atoms with Gasteiger partial charge in [0.25, 0.3) is 6.43 Å². The van der Waals surface area contributed by atoms with E-state index in [0.29, 0.717) is 20.9 Å². The van der Waals surface area contributed by atoms with Crippen molar-refractivity contribution < 1.29 is 13.6 Å². The predicted molar refractivity (Wildman–Crippen MR) is 66.9 cm³/mol. The Hall–Kier alpha value is -0.0400. The van der Waals surface area contributed by atoms with Gasteiger partial charge >= 0.3 is 0 Å². The third-order valence-electron chi connectivity index (χ3n) is 1.87. The molecule has 0 aliphatic rings. The number of carbonyl (C=O) groups excluding carboxylic acids is 1. The quantitative estimate of drug-likeness (QED) is 0.429. The van der Waals surface area contributed by atoms with Crippen molar-refractivity contribution >= 4 is 44.3 Å². The minimum Gasteiger partial charge on any atom is -0.294 e. The molecular formula is C10H8BrF2IO. The van der Waals surface area contributed by atoms with E-state index in [1.165, 1.54) is 6.07 Å². The molecule has 82 valence electrons. The van der Waals surface area contributed by atoms with Gasteiger partial charge in [-0.2, -0.15) is 0 Å². The summed E-state index contributed by atoms with van der Waals surface area (Å²) in [7, 11) is 0. The molecule has 0 heterocycles. The fourth-order valence-corrected chi connectivity index (χ4v) is 2.05. The van der Waals surface area contributed by atoms with Crippen LogP contribution in [-0.4, -0.2) is 11.1 Å². The maximum absolute atomic E-state index is 12.5. The van der Waals surface area contributed by atoms with Gasteiger partial charge in [-0.15, -0.1) is 0 Å². The molecule has 0 fully saturated rings. The highest BCUT2D eigenvalue weighted by atomic mass is 127. The lowest BCUT2D eigenvalue weighted by molar-refractivity contribution is 0.0989. The monoisotopic (exact) mass is 388 g/mol. The molecule has 1 aromatic carbocycles. The highest BCUT2D eigenvalue weighted by Crippen LogP contribution is 2.25. The van der Waals surface area contributed by atoms with E-state index >= 15 is 0 Å². The zero-order valence-electron chi connectivity index (χ0n) is 7.64. The molecule has 1 aromatic rings. The van der Waals surface area contributed by atoms with E-state index in [0.717, 1.165) is 0 Å². The molecule has 0 spiro atoms. The lowest BCUT2D eigenvalue weighted by Crippen LogP contribution is -2.01. The third-order valence-corrected chi connectivity index (χ3v) is 3.25. The number of ketones is 1. The Morgan fingerprint density at radius 3 is 2.67 bits per heavy atom. The number of halogens is 4. The second-order valence-corrected chi connectivity index (χ2v) is 4.85. The molecule has 0 bridgehead atoms. The molecule has 0 aliphatic carbocycles. The van der Waals surface area contributed by atoms with E-state index in [-0.39, 0.29) is 11.3 Å². The van der Waals surface area contributed by atoms with Crippen LogP contribution in [0, 0.1) is 3.57 Å². The summed E-state index contributed by atoms with van der Waals surface area (Å²) in [6, 6.07) is 4.40. The first-order valence-corrected chi connectivity index (χ1v) is 6.43. The number of hydrogen-bond donors (Lipinski definition) is 0. The number of hydrogen-bond acceptors (Lipinski definition) is 1. The summed E-state index contributed by atoms with van der Waals surface area (Å²) in [5.41, 5.74) is 0.279. The van der Waals surface area contributed by atoms with Crippen molar-refractivity contribution in [1.82, 2.24) is 0 Å². The molecule has 15 heavy (non-hydrogen) atoms. The first kappa shape index (κ1) is 13.0. The van der Waals surface area contributed by atoms with Crippen molar-refractivity contribution in [2.45, 2.75) is 12.8 Å². The molecule has 0 saturated carbocycles. The Morgan fingerprint density at radius 1 is 1.47 bits per heavy atom. The van der Waals surface area contributed by atoms with Gasteiger partial charge in [0, 0.05) is 26.4 Å². The normalized spacial score (nSPS) is 10.7. The highest BCUT2D eigenvalue weighted by Gasteiger charge is 2.14. The summed E-state index contributed by atoms with van der Waals surface area (Å²) in [6.45, 7) is 0. The van der Waals surface area contributed by atoms with Crippen LogP contribution < -0.4 is 0 Å². The average molecular weight is 389 g/mol. The molecule has 5 heteroatoms. The summed E-state index contributed by atoms with van der Waals surface area (Å²) in [4.78, 5) is 11.5. The molecule has 0 unspecified atom stereocenters. The van der Waals surface area contributed by atoms with Crippen LogP contribution in [-0.2, 0) is 0 Å². The Balaban J connectivity index is 3.02. The molecule has 1 rings (SSSR count). The van der Waals surface area contributed by atoms with Crippen molar-refractivity contribution in [2.75, 3.05) is 5.33 Å². The van der Waals surface area contributed by atoms with E-state index in [1.807, 2.05) is 22.6 Å². The maximum Gasteiger partial charge on any atom is 0.264 e. The molecule has 0 radical (unpaired) electrons. The first-order chi connectivity index (χ1) is 7.06. The minimum absolute atomic E-state index is 0.0731. The van der Waals surface area contributed by atoms with Crippen LogP contribution in [0.3, 0.4) is 0 Å². The largest absolute Gasteiger partial charge is 0.294 e. The van der Waals surface area contributed by atoms with Crippen LogP contribution >= 0.6 is 38.5 Å². The summed E-state index contributed by atoms with van der Waals surface area (Å²) in [5, 5.41) is 0.543. The van der Waals surface area contributed by atoms with E-state index in [2.05, 4.69) is 15.9 Å². The molecule has 0 aliphatic heterocycles. The smallest absolute Gasteiger partial charge is 0.264 e. The summed E-state index contributed by atoms with van der Waals surface area (Å²) >= 11 is 4.98. The van der Waals surface area contributed by atoms with E-state index in [9.17, 15) is 13.6 Å². The Kier molecular flexibility index (Phi) is 5.11. The summed E-state index contributed by atoms with van der Waals surface area (Å²) in [5.74, 6) is -0.120. The van der Waals surface area contributed by atoms with Gasteiger partial charge in [0.2, 0.25) is 0 Å². The van der Waals surface area contributed by atoms with Gasteiger partial charge < -0.3 is 0 Å². The number of alkyl halides is 3. The van der Waals surface area contributed by atoms with E-state index in [1.54, 1.807) is 12.1 Å². The second kappa shape index (κ2) is 5.89. The Labute approximate surface area is 109 Å². The van der Waals surface area contributed by atoms with Crippen LogP contribution in [0.15, 0.2) is 18.2 Å². The number of Topliss-reactive ketones (excluding diaryl/α,β-unsaturated/α-hetero) is 1. The fraction of sp³-hybridized carbons (Fsp3) is 0.300. The summed E-state index contributed by atoms with van der Waals surface area (Å²) in [6.07, 6.45) is -2.21. The molecule has 1 nitrogen and oxygen atoms in total. The Bertz CT molecular complexity index is 368. The number of carbonyl (C=O) groups is 1. The number of rotatable bonds is 4. The number of benzene rings is 1. The van der Waals surface area contributed by atoms with Crippen LogP contribution in [0.4, 0.5) is 8.78 Å². The molecule has 0 amide bonds. The average Bonchev–Trinajstić information content (AvgIpc) is 2.18. The van der Waals surface area contributed by atoms with E-state index in [4.69, 9.17) is 0 Å². The Morgan fingerprint density at radius 2 is 2.13 bits per heavy atom. The topological polar surface area (TPSA) is 17.1 Å². The van der Waals surface area contributed by atoms with Crippen LogP contribution in [0.2, 0.25) is 0 Å². The third kappa shape index (κ3) is 3.48. The zero-order valence-corrected chi connectivity index (χ0v) is 11.4. The van der Waals surface area contributed by atoms with Crippen molar-refractivity contribution in [3.05, 3.63) is 32.9 Å². The van der Waals surface area contributed by atoms with Crippen LogP contribution in [0.25, 0.3) is 0 Å². The zero-order chi connectivity index (χ0) is 11.4. The summed E-state index contributed by atoms with van der Waals surface area (Å²) < 4.78 is 25.5. The lowest BCUT2D eigenvalue weighted by atomic mass is 10.1. The van der Waals surface area contributed by atoms with Crippen LogP contribution in [0.1, 0.15) is 28.8 Å². The first-order valence-electron chi connectivity index (χ1n) is 4.23. The highest BCUT2D eigenvalue weighted by molar-refractivity contribution is 14.1. The van der Waals surface area contributed by atoms with Crippen LogP contribution in [0.5, 0.6) is 0 Å². The molecular weight excluding hydrogens is 381 g/mol. The molecule has 0 aromatic heterocycles. The molecule has 0 N–H and O–H groups in total. The van der Waals surface area contributed by atoms with Gasteiger partial charge in [-0.25, -0.2) is 8.78 Å². The van der Waals surface area contributed by atoms with Crippen molar-refractivity contribution in [3.63, 3.8) is 0 Å². The van der Waals surface area contributed by atoms with Gasteiger partial charge in [0.05, 0.1) is 0 Å². The van der Waals surface area contributed by atoms with Gasteiger partial charge in [-0.1, -0.05) is 22.0 Å². The maximum atomic E-state index is 12.5. The van der Waals surface area contributed by atoms with Crippen molar-refractivity contribution in [3.8, 4) is 0 Å². The SMILES string of the molecule is O=C(CCBr)c1ccc(I)c(C(F)F)c1. The molecule has 0 atom stereocenters.